The number of aromatic nitrogens is 3. The SMILES string of the molecule is CCNC1(C(N)=O)CCCC1CCSc1n[nH]c(C)n1. The van der Waals surface area contributed by atoms with Crippen molar-refractivity contribution in [2.75, 3.05) is 12.3 Å². The fourth-order valence-corrected chi connectivity index (χ4v) is 4.00. The molecular weight excluding hydrogens is 274 g/mol. The predicted octanol–water partition coefficient (Wildman–Crippen LogP) is 1.23. The molecule has 1 aromatic rings. The number of nitrogens with one attached hydrogen (secondary N) is 2. The van der Waals surface area contributed by atoms with Gasteiger partial charge in [-0.05, 0) is 38.6 Å². The number of aromatic amines is 1. The van der Waals surface area contributed by atoms with Gasteiger partial charge in [0.2, 0.25) is 11.1 Å². The topological polar surface area (TPSA) is 96.7 Å². The van der Waals surface area contributed by atoms with Gasteiger partial charge in [-0.25, -0.2) is 4.98 Å². The smallest absolute Gasteiger partial charge is 0.238 e. The van der Waals surface area contributed by atoms with Crippen LogP contribution in [0.5, 0.6) is 0 Å². The van der Waals surface area contributed by atoms with Crippen molar-refractivity contribution in [3.05, 3.63) is 5.82 Å². The summed E-state index contributed by atoms with van der Waals surface area (Å²) in [5, 5.41) is 11.1. The lowest BCUT2D eigenvalue weighted by atomic mass is 9.84. The van der Waals surface area contributed by atoms with E-state index < -0.39 is 5.54 Å². The van der Waals surface area contributed by atoms with E-state index in [9.17, 15) is 4.79 Å². The largest absolute Gasteiger partial charge is 0.368 e. The summed E-state index contributed by atoms with van der Waals surface area (Å²) in [4.78, 5) is 16.2. The first-order valence-corrected chi connectivity index (χ1v) is 8.14. The summed E-state index contributed by atoms with van der Waals surface area (Å²) >= 11 is 1.63. The zero-order valence-electron chi connectivity index (χ0n) is 12.1. The summed E-state index contributed by atoms with van der Waals surface area (Å²) in [7, 11) is 0. The van der Waals surface area contributed by atoms with E-state index in [4.69, 9.17) is 5.73 Å². The Balaban J connectivity index is 1.91. The van der Waals surface area contributed by atoms with E-state index in [0.717, 1.165) is 49.0 Å². The number of primary amides is 1. The molecule has 7 heteroatoms. The van der Waals surface area contributed by atoms with E-state index >= 15 is 0 Å². The number of H-pyrrole nitrogens is 1. The molecule has 4 N–H and O–H groups in total. The quantitative estimate of drug-likeness (QED) is 0.658. The molecule has 0 aliphatic heterocycles. The van der Waals surface area contributed by atoms with Crippen LogP contribution >= 0.6 is 11.8 Å². The van der Waals surface area contributed by atoms with Crippen molar-refractivity contribution in [1.29, 1.82) is 0 Å². The van der Waals surface area contributed by atoms with Gasteiger partial charge in [-0.2, -0.15) is 0 Å². The van der Waals surface area contributed by atoms with Gasteiger partial charge in [0, 0.05) is 5.75 Å². The van der Waals surface area contributed by atoms with Crippen molar-refractivity contribution >= 4 is 17.7 Å². The Kier molecular flexibility index (Phi) is 5.04. The highest BCUT2D eigenvalue weighted by Crippen LogP contribution is 2.38. The molecule has 0 saturated heterocycles. The number of amides is 1. The van der Waals surface area contributed by atoms with Crippen LogP contribution in [0.15, 0.2) is 5.16 Å². The highest BCUT2D eigenvalue weighted by molar-refractivity contribution is 7.99. The number of hydrogen-bond donors (Lipinski definition) is 3. The summed E-state index contributed by atoms with van der Waals surface area (Å²) < 4.78 is 0. The normalized spacial score (nSPS) is 26.0. The Morgan fingerprint density at radius 3 is 3.05 bits per heavy atom. The molecule has 20 heavy (non-hydrogen) atoms. The molecule has 1 amide bonds. The molecule has 2 rings (SSSR count). The predicted molar refractivity (Wildman–Crippen MR) is 79.4 cm³/mol. The van der Waals surface area contributed by atoms with Crippen LogP contribution in [0.4, 0.5) is 0 Å². The Morgan fingerprint density at radius 2 is 2.45 bits per heavy atom. The highest BCUT2D eigenvalue weighted by atomic mass is 32.2. The number of nitrogens with zero attached hydrogens (tertiary/aromatic N) is 2. The Morgan fingerprint density at radius 1 is 1.65 bits per heavy atom. The van der Waals surface area contributed by atoms with Crippen molar-refractivity contribution in [3.63, 3.8) is 0 Å². The molecule has 112 valence electrons. The molecule has 1 fully saturated rings. The zero-order chi connectivity index (χ0) is 14.6. The summed E-state index contributed by atoms with van der Waals surface area (Å²) in [6, 6.07) is 0. The van der Waals surface area contributed by atoms with Crippen LogP contribution in [0.1, 0.15) is 38.4 Å². The van der Waals surface area contributed by atoms with Gasteiger partial charge in [0.15, 0.2) is 0 Å². The summed E-state index contributed by atoms with van der Waals surface area (Å²) in [5.74, 6) is 1.84. The minimum atomic E-state index is -0.510. The number of rotatable bonds is 7. The van der Waals surface area contributed by atoms with Crippen LogP contribution in [-0.4, -0.2) is 38.9 Å². The van der Waals surface area contributed by atoms with Gasteiger partial charge in [-0.3, -0.25) is 9.89 Å². The van der Waals surface area contributed by atoms with E-state index in [1.807, 2.05) is 13.8 Å². The third kappa shape index (κ3) is 3.15. The van der Waals surface area contributed by atoms with Crippen LogP contribution in [0, 0.1) is 12.8 Å². The van der Waals surface area contributed by atoms with Crippen molar-refractivity contribution in [2.45, 2.75) is 50.2 Å². The van der Waals surface area contributed by atoms with E-state index in [0.29, 0.717) is 5.92 Å². The molecule has 1 saturated carbocycles. The van der Waals surface area contributed by atoms with Crippen LogP contribution in [0.2, 0.25) is 0 Å². The highest BCUT2D eigenvalue weighted by Gasteiger charge is 2.46. The molecule has 0 aromatic carbocycles. The number of nitrogens with two attached hydrogens (primary N) is 1. The average molecular weight is 297 g/mol. The van der Waals surface area contributed by atoms with E-state index in [1.54, 1.807) is 11.8 Å². The van der Waals surface area contributed by atoms with Crippen molar-refractivity contribution in [3.8, 4) is 0 Å². The van der Waals surface area contributed by atoms with Gasteiger partial charge in [-0.15, -0.1) is 5.10 Å². The average Bonchev–Trinajstić information content (AvgIpc) is 2.98. The van der Waals surface area contributed by atoms with Crippen molar-refractivity contribution in [2.24, 2.45) is 11.7 Å². The van der Waals surface area contributed by atoms with E-state index in [2.05, 4.69) is 20.5 Å². The maximum absolute atomic E-state index is 11.9. The first kappa shape index (κ1) is 15.3. The van der Waals surface area contributed by atoms with Gasteiger partial charge in [0.1, 0.15) is 11.4 Å². The number of thioether (sulfide) groups is 1. The molecule has 0 bridgehead atoms. The van der Waals surface area contributed by atoms with Crippen LogP contribution < -0.4 is 11.1 Å². The van der Waals surface area contributed by atoms with Crippen molar-refractivity contribution < 1.29 is 4.79 Å². The summed E-state index contributed by atoms with van der Waals surface area (Å²) in [6.07, 6.45) is 3.92. The minimum Gasteiger partial charge on any atom is -0.368 e. The molecule has 1 aliphatic carbocycles. The number of carbonyl (C=O) groups excluding carboxylic acids is 1. The maximum Gasteiger partial charge on any atom is 0.238 e. The fourth-order valence-electron chi connectivity index (χ4n) is 3.11. The molecule has 1 aromatic heterocycles. The Hall–Kier alpha value is -1.08. The lowest BCUT2D eigenvalue weighted by molar-refractivity contribution is -0.125. The van der Waals surface area contributed by atoms with Crippen LogP contribution in [0.25, 0.3) is 0 Å². The van der Waals surface area contributed by atoms with Crippen molar-refractivity contribution in [1.82, 2.24) is 20.5 Å². The molecule has 0 spiro atoms. The van der Waals surface area contributed by atoms with Gasteiger partial charge in [0.25, 0.3) is 0 Å². The Labute approximate surface area is 123 Å². The molecule has 0 radical (unpaired) electrons. The second-order valence-electron chi connectivity index (χ2n) is 5.30. The third-order valence-electron chi connectivity index (χ3n) is 4.03. The van der Waals surface area contributed by atoms with E-state index in [1.165, 1.54) is 0 Å². The van der Waals surface area contributed by atoms with Gasteiger partial charge >= 0.3 is 0 Å². The fraction of sp³-hybridized carbons (Fsp3) is 0.769. The molecule has 1 heterocycles. The molecule has 2 atom stereocenters. The first-order chi connectivity index (χ1) is 9.58. The van der Waals surface area contributed by atoms with E-state index in [-0.39, 0.29) is 5.91 Å². The molecular formula is C13H23N5OS. The standard InChI is InChI=1S/C13H23N5OS/c1-3-15-13(11(14)19)7-4-5-10(13)6-8-20-12-16-9(2)17-18-12/h10,15H,3-8H2,1-2H3,(H2,14,19)(H,16,17,18). The maximum atomic E-state index is 11.9. The lowest BCUT2D eigenvalue weighted by Crippen LogP contribution is -2.57. The lowest BCUT2D eigenvalue weighted by Gasteiger charge is -2.33. The Bertz CT molecular complexity index is 463. The first-order valence-electron chi connectivity index (χ1n) is 7.15. The molecule has 6 nitrogen and oxygen atoms in total. The monoisotopic (exact) mass is 297 g/mol. The van der Waals surface area contributed by atoms with Gasteiger partial charge in [0.05, 0.1) is 0 Å². The van der Waals surface area contributed by atoms with Crippen LogP contribution in [-0.2, 0) is 4.79 Å². The zero-order valence-corrected chi connectivity index (χ0v) is 12.9. The number of carbonyl (C=O) groups is 1. The number of hydrogen-bond acceptors (Lipinski definition) is 5. The van der Waals surface area contributed by atoms with Crippen LogP contribution in [0.3, 0.4) is 0 Å². The number of aryl methyl sites for hydroxylation is 1. The number of likely N-dealkylation sites (N-methyl/N-ethyl adjacent to an activating group) is 1. The van der Waals surface area contributed by atoms with Gasteiger partial charge in [-0.1, -0.05) is 25.1 Å². The second kappa shape index (κ2) is 6.58. The summed E-state index contributed by atoms with van der Waals surface area (Å²) in [5.41, 5.74) is 5.15. The second-order valence-corrected chi connectivity index (χ2v) is 6.36. The third-order valence-corrected chi connectivity index (χ3v) is 4.91. The minimum absolute atomic E-state index is 0.208. The molecule has 1 aliphatic rings. The van der Waals surface area contributed by atoms with Gasteiger partial charge < -0.3 is 11.1 Å². The summed E-state index contributed by atoms with van der Waals surface area (Å²) in [6.45, 7) is 4.68. The molecule has 2 unspecified atom stereocenters.